The Hall–Kier alpha value is -2.35. The summed E-state index contributed by atoms with van der Waals surface area (Å²) in [5.74, 6) is 2.13. The SMILES string of the molecule is CC(C)C1=Cc2cc(C(C)C)cc3nc(-c4ccccc4)n(c23)C1. The van der Waals surface area contributed by atoms with E-state index in [-0.39, 0.29) is 0 Å². The average molecular weight is 316 g/mol. The highest BCUT2D eigenvalue weighted by Gasteiger charge is 2.22. The zero-order chi connectivity index (χ0) is 16.8. The molecule has 3 aromatic rings. The van der Waals surface area contributed by atoms with E-state index < -0.39 is 0 Å². The maximum absolute atomic E-state index is 5.02. The minimum atomic E-state index is 0.508. The van der Waals surface area contributed by atoms with Crippen molar-refractivity contribution in [1.29, 1.82) is 0 Å². The standard InChI is InChI=1S/C22H24N2/c1-14(2)17-10-18-11-19(15(3)4)13-24-21(18)20(12-17)23-22(24)16-8-6-5-7-9-16/h5-12,14-15H,13H2,1-4H3. The Morgan fingerprint density at radius 2 is 1.71 bits per heavy atom. The first-order valence-corrected chi connectivity index (χ1v) is 8.84. The number of hydrogen-bond acceptors (Lipinski definition) is 1. The highest BCUT2D eigenvalue weighted by molar-refractivity contribution is 5.91. The fourth-order valence-corrected chi connectivity index (χ4v) is 3.51. The van der Waals surface area contributed by atoms with Gasteiger partial charge in [0, 0.05) is 17.7 Å². The molecule has 0 radical (unpaired) electrons. The van der Waals surface area contributed by atoms with E-state index in [2.05, 4.69) is 80.8 Å². The van der Waals surface area contributed by atoms with Gasteiger partial charge >= 0.3 is 0 Å². The fraction of sp³-hybridized carbons (Fsp3) is 0.318. The summed E-state index contributed by atoms with van der Waals surface area (Å²) in [6.07, 6.45) is 2.38. The summed E-state index contributed by atoms with van der Waals surface area (Å²) in [6, 6.07) is 15.2. The Kier molecular flexibility index (Phi) is 3.56. The van der Waals surface area contributed by atoms with Crippen LogP contribution in [0, 0.1) is 5.92 Å². The first kappa shape index (κ1) is 15.2. The van der Waals surface area contributed by atoms with Crippen molar-refractivity contribution in [2.75, 3.05) is 0 Å². The summed E-state index contributed by atoms with van der Waals surface area (Å²) in [7, 11) is 0. The Balaban J connectivity index is 2.02. The lowest BCUT2D eigenvalue weighted by molar-refractivity contribution is 0.673. The molecule has 0 saturated carbocycles. The number of hydrogen-bond donors (Lipinski definition) is 0. The number of aromatic nitrogens is 2. The lowest BCUT2D eigenvalue weighted by Gasteiger charge is -2.21. The first-order chi connectivity index (χ1) is 11.5. The molecule has 122 valence electrons. The predicted molar refractivity (Wildman–Crippen MR) is 102 cm³/mol. The zero-order valence-electron chi connectivity index (χ0n) is 14.9. The van der Waals surface area contributed by atoms with Crippen LogP contribution in [0.1, 0.15) is 44.7 Å². The van der Waals surface area contributed by atoms with Crippen LogP contribution in [0.3, 0.4) is 0 Å². The maximum atomic E-state index is 5.02. The molecular formula is C22H24N2. The van der Waals surface area contributed by atoms with Crippen LogP contribution in [-0.2, 0) is 6.54 Å². The van der Waals surface area contributed by atoms with Crippen molar-refractivity contribution in [1.82, 2.24) is 9.55 Å². The highest BCUT2D eigenvalue weighted by Crippen LogP contribution is 2.36. The summed E-state index contributed by atoms with van der Waals surface area (Å²) < 4.78 is 2.40. The molecule has 0 unspecified atom stereocenters. The molecule has 0 N–H and O–H groups in total. The lowest BCUT2D eigenvalue weighted by Crippen LogP contribution is -2.11. The van der Waals surface area contributed by atoms with Gasteiger partial charge in [-0.2, -0.15) is 0 Å². The summed E-state index contributed by atoms with van der Waals surface area (Å²) in [4.78, 5) is 5.02. The van der Waals surface area contributed by atoms with Crippen LogP contribution in [0.2, 0.25) is 0 Å². The van der Waals surface area contributed by atoms with Crippen molar-refractivity contribution in [3.63, 3.8) is 0 Å². The lowest BCUT2D eigenvalue weighted by atomic mass is 9.93. The summed E-state index contributed by atoms with van der Waals surface area (Å²) in [5.41, 5.74) is 7.75. The molecule has 0 spiro atoms. The van der Waals surface area contributed by atoms with E-state index >= 15 is 0 Å². The molecule has 0 saturated heterocycles. The van der Waals surface area contributed by atoms with Crippen LogP contribution in [-0.4, -0.2) is 9.55 Å². The van der Waals surface area contributed by atoms with E-state index in [0.717, 1.165) is 17.9 Å². The second-order valence-electron chi connectivity index (χ2n) is 7.39. The summed E-state index contributed by atoms with van der Waals surface area (Å²) in [5, 5.41) is 0. The molecule has 0 atom stereocenters. The molecule has 1 aliphatic heterocycles. The maximum Gasteiger partial charge on any atom is 0.141 e. The molecule has 2 heterocycles. The summed E-state index contributed by atoms with van der Waals surface area (Å²) in [6.45, 7) is 9.99. The van der Waals surface area contributed by atoms with Gasteiger partial charge in [-0.25, -0.2) is 4.98 Å². The molecule has 2 nitrogen and oxygen atoms in total. The molecular weight excluding hydrogens is 292 g/mol. The highest BCUT2D eigenvalue weighted by atomic mass is 15.1. The van der Waals surface area contributed by atoms with Gasteiger partial charge in [0.15, 0.2) is 0 Å². The van der Waals surface area contributed by atoms with Crippen molar-refractivity contribution in [3.05, 3.63) is 59.2 Å². The molecule has 1 aromatic heterocycles. The van der Waals surface area contributed by atoms with Crippen molar-refractivity contribution < 1.29 is 0 Å². The predicted octanol–water partition coefficient (Wildman–Crippen LogP) is 5.88. The molecule has 0 aliphatic carbocycles. The van der Waals surface area contributed by atoms with E-state index in [0.29, 0.717) is 11.8 Å². The van der Waals surface area contributed by atoms with E-state index in [1.807, 2.05) is 0 Å². The smallest absolute Gasteiger partial charge is 0.141 e. The molecule has 4 rings (SSSR count). The van der Waals surface area contributed by atoms with Gasteiger partial charge in [0.25, 0.3) is 0 Å². The van der Waals surface area contributed by atoms with Crippen molar-refractivity contribution in [3.8, 4) is 11.4 Å². The van der Waals surface area contributed by atoms with E-state index in [9.17, 15) is 0 Å². The summed E-state index contributed by atoms with van der Waals surface area (Å²) >= 11 is 0. The minimum Gasteiger partial charge on any atom is -0.319 e. The number of benzene rings is 2. The molecule has 1 aliphatic rings. The second-order valence-corrected chi connectivity index (χ2v) is 7.39. The van der Waals surface area contributed by atoms with E-state index in [1.165, 1.54) is 27.8 Å². The number of nitrogens with zero attached hydrogens (tertiary/aromatic N) is 2. The van der Waals surface area contributed by atoms with Crippen molar-refractivity contribution in [2.24, 2.45) is 5.92 Å². The van der Waals surface area contributed by atoms with Gasteiger partial charge in [0.1, 0.15) is 5.82 Å². The Morgan fingerprint density at radius 3 is 2.38 bits per heavy atom. The molecule has 2 aromatic carbocycles. The molecule has 0 bridgehead atoms. The Labute approximate surface area is 143 Å². The average Bonchev–Trinajstić information content (AvgIpc) is 2.95. The van der Waals surface area contributed by atoms with Gasteiger partial charge < -0.3 is 4.57 Å². The largest absolute Gasteiger partial charge is 0.319 e. The minimum absolute atomic E-state index is 0.508. The fourth-order valence-electron chi connectivity index (χ4n) is 3.51. The number of rotatable bonds is 3. The van der Waals surface area contributed by atoms with Crippen LogP contribution in [0.25, 0.3) is 28.5 Å². The topological polar surface area (TPSA) is 17.8 Å². The Bertz CT molecular complexity index is 928. The van der Waals surface area contributed by atoms with Crippen LogP contribution < -0.4 is 0 Å². The van der Waals surface area contributed by atoms with Crippen molar-refractivity contribution >= 4 is 17.1 Å². The number of imidazole rings is 1. The molecule has 0 amide bonds. The van der Waals surface area contributed by atoms with Gasteiger partial charge in [-0.1, -0.05) is 64.1 Å². The molecule has 24 heavy (non-hydrogen) atoms. The number of allylic oxidation sites excluding steroid dienone is 1. The van der Waals surface area contributed by atoms with E-state index in [1.54, 1.807) is 0 Å². The normalized spacial score (nSPS) is 13.8. The third-order valence-corrected chi connectivity index (χ3v) is 5.02. The van der Waals surface area contributed by atoms with Crippen LogP contribution in [0.4, 0.5) is 0 Å². The van der Waals surface area contributed by atoms with Crippen LogP contribution in [0.5, 0.6) is 0 Å². The van der Waals surface area contributed by atoms with Gasteiger partial charge in [0.2, 0.25) is 0 Å². The van der Waals surface area contributed by atoms with Crippen LogP contribution >= 0.6 is 0 Å². The monoisotopic (exact) mass is 316 g/mol. The molecule has 2 heteroatoms. The third-order valence-electron chi connectivity index (χ3n) is 5.02. The third kappa shape index (κ3) is 2.37. The second kappa shape index (κ2) is 5.62. The first-order valence-electron chi connectivity index (χ1n) is 8.84. The zero-order valence-corrected chi connectivity index (χ0v) is 14.9. The molecule has 0 fully saturated rings. The van der Waals surface area contributed by atoms with Gasteiger partial charge in [0.05, 0.1) is 11.0 Å². The van der Waals surface area contributed by atoms with Crippen molar-refractivity contribution in [2.45, 2.75) is 40.2 Å². The Morgan fingerprint density at radius 1 is 0.958 bits per heavy atom. The van der Waals surface area contributed by atoms with Gasteiger partial charge in [-0.3, -0.25) is 0 Å². The van der Waals surface area contributed by atoms with E-state index in [4.69, 9.17) is 4.98 Å². The van der Waals surface area contributed by atoms with Gasteiger partial charge in [-0.15, -0.1) is 0 Å². The quantitative estimate of drug-likeness (QED) is 0.590. The van der Waals surface area contributed by atoms with Gasteiger partial charge in [-0.05, 0) is 35.1 Å². The van der Waals surface area contributed by atoms with Crippen LogP contribution in [0.15, 0.2) is 48.0 Å².